The zero-order valence-corrected chi connectivity index (χ0v) is 24.1. The molecule has 36 heavy (non-hydrogen) atoms. The van der Waals surface area contributed by atoms with Gasteiger partial charge in [0.05, 0.1) is 5.69 Å². The molecule has 6 nitrogen and oxygen atoms in total. The first-order chi connectivity index (χ1) is 17.3. The van der Waals surface area contributed by atoms with Gasteiger partial charge in [0, 0.05) is 58.7 Å². The number of pyridine rings is 1. The van der Waals surface area contributed by atoms with Crippen LogP contribution in [0.4, 0.5) is 4.79 Å². The number of carbonyl (C=O) groups is 2. The van der Waals surface area contributed by atoms with Gasteiger partial charge in [-0.3, -0.25) is 9.78 Å². The summed E-state index contributed by atoms with van der Waals surface area (Å²) in [6, 6.07) is 5.95. The summed E-state index contributed by atoms with van der Waals surface area (Å²) in [5.74, 6) is 1.14. The Morgan fingerprint density at radius 3 is 2.47 bits per heavy atom. The van der Waals surface area contributed by atoms with E-state index in [2.05, 4.69) is 44.0 Å². The van der Waals surface area contributed by atoms with E-state index in [4.69, 9.17) is 22.3 Å². The molecule has 2 aromatic rings. The van der Waals surface area contributed by atoms with Gasteiger partial charge in [0.2, 0.25) is 5.91 Å². The maximum absolute atomic E-state index is 13.1. The molecule has 1 aliphatic carbocycles. The summed E-state index contributed by atoms with van der Waals surface area (Å²) in [6.45, 7) is 2.84. The van der Waals surface area contributed by atoms with E-state index in [1.807, 2.05) is 17.2 Å². The molecule has 0 unspecified atom stereocenters. The fourth-order valence-corrected chi connectivity index (χ4v) is 7.75. The predicted octanol–water partition coefficient (Wildman–Crippen LogP) is 5.91. The summed E-state index contributed by atoms with van der Waals surface area (Å²) in [6.07, 6.45) is 7.92. The summed E-state index contributed by atoms with van der Waals surface area (Å²) < 4.78 is 2.05. The third kappa shape index (κ3) is 5.46. The molecule has 2 saturated heterocycles. The lowest BCUT2D eigenvalue weighted by molar-refractivity contribution is -0.134. The van der Waals surface area contributed by atoms with Crippen LogP contribution in [0.25, 0.3) is 0 Å². The summed E-state index contributed by atoms with van der Waals surface area (Å²) in [7, 11) is 0. The van der Waals surface area contributed by atoms with Crippen LogP contribution in [0.1, 0.15) is 60.4 Å². The van der Waals surface area contributed by atoms with Gasteiger partial charge in [0.15, 0.2) is 0 Å². The van der Waals surface area contributed by atoms with E-state index >= 15 is 0 Å². The van der Waals surface area contributed by atoms with Crippen molar-refractivity contribution in [3.05, 3.63) is 60.7 Å². The van der Waals surface area contributed by atoms with Gasteiger partial charge in [-0.25, -0.2) is 4.79 Å². The van der Waals surface area contributed by atoms with Crippen LogP contribution in [0.3, 0.4) is 0 Å². The lowest BCUT2D eigenvalue weighted by Gasteiger charge is -2.38. The van der Waals surface area contributed by atoms with Crippen LogP contribution in [0.15, 0.2) is 33.3 Å². The van der Waals surface area contributed by atoms with Crippen molar-refractivity contribution in [1.29, 1.82) is 0 Å². The Morgan fingerprint density at radius 1 is 1.08 bits per heavy atom. The van der Waals surface area contributed by atoms with E-state index in [0.717, 1.165) is 71.3 Å². The van der Waals surface area contributed by atoms with Gasteiger partial charge in [-0.15, -0.1) is 0 Å². The largest absolute Gasteiger partial charge is 0.351 e. The van der Waals surface area contributed by atoms with E-state index in [0.29, 0.717) is 31.3 Å². The zero-order valence-electron chi connectivity index (χ0n) is 20.2. The molecule has 2 N–H and O–H groups in total. The van der Waals surface area contributed by atoms with Crippen molar-refractivity contribution in [3.63, 3.8) is 0 Å². The van der Waals surface area contributed by atoms with E-state index in [1.165, 1.54) is 16.7 Å². The molecule has 3 heterocycles. The van der Waals surface area contributed by atoms with E-state index < -0.39 is 0 Å². The fourth-order valence-electron chi connectivity index (χ4n) is 6.25. The molecule has 0 spiro atoms. The topological polar surface area (TPSA) is 79.5 Å². The van der Waals surface area contributed by atoms with Crippen molar-refractivity contribution in [2.24, 2.45) is 17.6 Å². The number of aromatic nitrogens is 1. The molecule has 1 atom stereocenters. The van der Waals surface area contributed by atoms with Crippen molar-refractivity contribution >= 4 is 55.4 Å². The highest BCUT2D eigenvalue weighted by atomic mass is 79.9. The second-order valence-corrected chi connectivity index (χ2v) is 12.5. The molecule has 2 aliphatic heterocycles. The molecule has 1 aromatic carbocycles. The molecular formula is C27H31Br2ClN4O2. The van der Waals surface area contributed by atoms with Gasteiger partial charge >= 0.3 is 6.03 Å². The Morgan fingerprint density at radius 2 is 1.78 bits per heavy atom. The fraction of sp³-hybridized carbons (Fsp3) is 0.519. The predicted molar refractivity (Wildman–Crippen MR) is 148 cm³/mol. The van der Waals surface area contributed by atoms with Crippen molar-refractivity contribution < 1.29 is 9.59 Å². The molecular weight excluding hydrogens is 612 g/mol. The number of likely N-dealkylation sites (tertiary alicyclic amines) is 2. The number of halogens is 3. The number of hydrogen-bond acceptors (Lipinski definition) is 3. The normalized spacial score (nSPS) is 21.0. The molecule has 9 heteroatoms. The van der Waals surface area contributed by atoms with Crippen LogP contribution in [0.5, 0.6) is 0 Å². The second kappa shape index (κ2) is 11.0. The number of amides is 3. The number of primary amides is 1. The Bertz CT molecular complexity index is 1160. The van der Waals surface area contributed by atoms with Crippen LogP contribution in [-0.2, 0) is 17.6 Å². The second-order valence-electron chi connectivity index (χ2n) is 10.3. The van der Waals surface area contributed by atoms with Crippen LogP contribution in [0.2, 0.25) is 5.02 Å². The lowest BCUT2D eigenvalue weighted by Crippen LogP contribution is -2.44. The standard InChI is InChI=1S/C27H31Br2ClN4O2/c28-20-12-19-2-1-18-13-21(30)14-22(29)24(18)25(26(19)32-15-20)17-5-9-33(10-6-17)23(35)11-16-3-7-34(8-4-16)27(31)36/h12-17,25H,1-11H2,(H2,31,36)/t25-/m1/s1/i9+2,10+2. The van der Waals surface area contributed by atoms with Crippen molar-refractivity contribution in [1.82, 2.24) is 14.8 Å². The number of fused-ring (bicyclic) bond motifs is 2. The molecule has 0 saturated carbocycles. The summed E-state index contributed by atoms with van der Waals surface area (Å²) in [5, 5.41) is 0.751. The van der Waals surface area contributed by atoms with Crippen LogP contribution < -0.4 is 5.73 Å². The molecule has 0 radical (unpaired) electrons. The minimum atomic E-state index is -0.362. The molecule has 3 aliphatic rings. The number of urea groups is 1. The first-order valence-electron chi connectivity index (χ1n) is 12.7. The van der Waals surface area contributed by atoms with Gasteiger partial charge in [0.25, 0.3) is 0 Å². The number of hydrogen-bond donors (Lipinski definition) is 1. The Labute approximate surface area is 234 Å². The molecule has 1 aromatic heterocycles. The van der Waals surface area contributed by atoms with E-state index in [9.17, 15) is 9.59 Å². The lowest BCUT2D eigenvalue weighted by atomic mass is 9.80. The molecule has 192 valence electrons. The average Bonchev–Trinajstić information content (AvgIpc) is 3.01. The minimum absolute atomic E-state index is 0.174. The van der Waals surface area contributed by atoms with Crippen molar-refractivity contribution in [2.75, 3.05) is 26.2 Å². The summed E-state index contributed by atoms with van der Waals surface area (Å²) in [4.78, 5) is 33.2. The van der Waals surface area contributed by atoms with Crippen LogP contribution in [-0.4, -0.2) is 52.9 Å². The van der Waals surface area contributed by atoms with Gasteiger partial charge in [-0.1, -0.05) is 27.5 Å². The van der Waals surface area contributed by atoms with Gasteiger partial charge < -0.3 is 15.5 Å². The third-order valence-electron chi connectivity index (χ3n) is 8.17. The Kier molecular flexibility index (Phi) is 7.94. The number of nitrogens with zero attached hydrogens (tertiary/aromatic N) is 3. The zero-order chi connectivity index (χ0) is 25.4. The Balaban J connectivity index is 1.31. The maximum atomic E-state index is 13.1. The number of benzene rings is 1. The average molecular weight is 643 g/mol. The highest BCUT2D eigenvalue weighted by Crippen LogP contribution is 2.46. The number of nitrogens with two attached hydrogens (primary N) is 1. The quantitative estimate of drug-likeness (QED) is 0.452. The molecule has 3 amide bonds. The molecule has 2 fully saturated rings. The monoisotopic (exact) mass is 640 g/mol. The van der Waals surface area contributed by atoms with Crippen LogP contribution in [0, 0.1) is 11.8 Å². The minimum Gasteiger partial charge on any atom is -0.351 e. The smallest absolute Gasteiger partial charge is 0.314 e. The number of aryl methyl sites for hydroxylation is 2. The first kappa shape index (κ1) is 26.0. The van der Waals surface area contributed by atoms with E-state index in [1.54, 1.807) is 4.90 Å². The number of rotatable bonds is 3. The number of piperidine rings is 2. The third-order valence-corrected chi connectivity index (χ3v) is 9.48. The van der Waals surface area contributed by atoms with E-state index in [-0.39, 0.29) is 17.9 Å². The highest BCUT2D eigenvalue weighted by molar-refractivity contribution is 9.10. The summed E-state index contributed by atoms with van der Waals surface area (Å²) >= 11 is 13.9. The van der Waals surface area contributed by atoms with Gasteiger partial charge in [-0.05, 0) is 101 Å². The highest BCUT2D eigenvalue weighted by Gasteiger charge is 2.36. The summed E-state index contributed by atoms with van der Waals surface area (Å²) in [5.41, 5.74) is 10.4. The van der Waals surface area contributed by atoms with Crippen molar-refractivity contribution in [3.8, 4) is 0 Å². The van der Waals surface area contributed by atoms with Crippen LogP contribution >= 0.6 is 43.5 Å². The maximum Gasteiger partial charge on any atom is 0.314 e. The van der Waals surface area contributed by atoms with Crippen molar-refractivity contribution in [2.45, 2.75) is 50.9 Å². The van der Waals surface area contributed by atoms with Gasteiger partial charge in [0.1, 0.15) is 0 Å². The molecule has 5 rings (SSSR count). The molecule has 0 bridgehead atoms. The van der Waals surface area contributed by atoms with Gasteiger partial charge in [-0.2, -0.15) is 0 Å². The first-order valence-corrected chi connectivity index (χ1v) is 14.7. The Hall–Kier alpha value is -1.64. The SMILES string of the molecule is NC(=O)N1CCC(CC(=O)N2[14CH2]CC([C@H]3c4ncc(Br)cc4CCc4cc(Cl)cc(Br)c43)C[14CH2]2)CC1. The number of carbonyl (C=O) groups excluding carboxylic acids is 2.